The van der Waals surface area contributed by atoms with E-state index in [-0.39, 0.29) is 12.5 Å². The van der Waals surface area contributed by atoms with Gasteiger partial charge in [0.2, 0.25) is 5.54 Å². The lowest BCUT2D eigenvalue weighted by Crippen LogP contribution is -2.62. The molecule has 2 aromatic carbocycles. The van der Waals surface area contributed by atoms with Crippen molar-refractivity contribution in [2.24, 2.45) is 11.7 Å². The summed E-state index contributed by atoms with van der Waals surface area (Å²) in [6, 6.07) is 16.0. The molecule has 0 bridgehead atoms. The molecule has 1 atom stereocenters. The van der Waals surface area contributed by atoms with Gasteiger partial charge in [0.25, 0.3) is 0 Å². The lowest BCUT2D eigenvalue weighted by Gasteiger charge is -2.34. The Bertz CT molecular complexity index is 860. The lowest BCUT2D eigenvalue weighted by atomic mass is 9.79. The second kappa shape index (κ2) is 7.37. The minimum atomic E-state index is -2.05. The first kappa shape index (κ1) is 18.7. The maximum absolute atomic E-state index is 12.8. The molecule has 3 N–H and O–H groups in total. The highest BCUT2D eigenvalue weighted by atomic mass is 16.5. The van der Waals surface area contributed by atoms with Crippen molar-refractivity contribution in [3.05, 3.63) is 59.7 Å². The van der Waals surface area contributed by atoms with Gasteiger partial charge in [0.05, 0.1) is 0 Å². The molecule has 28 heavy (non-hydrogen) atoms. The van der Waals surface area contributed by atoms with Gasteiger partial charge < -0.3 is 20.3 Å². The van der Waals surface area contributed by atoms with Crippen LogP contribution in [0.4, 0.5) is 0 Å². The van der Waals surface area contributed by atoms with Gasteiger partial charge >= 0.3 is 11.9 Å². The third kappa shape index (κ3) is 2.99. The number of ether oxygens (including phenoxy) is 2. The maximum Gasteiger partial charge on any atom is 0.338 e. The van der Waals surface area contributed by atoms with Crippen LogP contribution in [-0.2, 0) is 19.1 Å². The quantitative estimate of drug-likeness (QED) is 0.610. The van der Waals surface area contributed by atoms with Crippen LogP contribution in [0.3, 0.4) is 0 Å². The van der Waals surface area contributed by atoms with E-state index in [4.69, 9.17) is 15.2 Å². The van der Waals surface area contributed by atoms with Crippen molar-refractivity contribution in [1.82, 2.24) is 0 Å². The van der Waals surface area contributed by atoms with Crippen LogP contribution in [0.1, 0.15) is 29.9 Å². The predicted molar refractivity (Wildman–Crippen MR) is 103 cm³/mol. The molecule has 1 fully saturated rings. The summed E-state index contributed by atoms with van der Waals surface area (Å²) in [5.74, 6) is -2.87. The second-order valence-electron chi connectivity index (χ2n) is 7.39. The van der Waals surface area contributed by atoms with E-state index in [1.165, 1.54) is 0 Å². The molecule has 1 heterocycles. The average molecular weight is 381 g/mol. The number of carbonyl (C=O) groups is 2. The van der Waals surface area contributed by atoms with Gasteiger partial charge in [0.1, 0.15) is 6.61 Å². The van der Waals surface area contributed by atoms with E-state index >= 15 is 0 Å². The van der Waals surface area contributed by atoms with Gasteiger partial charge in [-0.3, -0.25) is 0 Å². The van der Waals surface area contributed by atoms with Crippen molar-refractivity contribution in [2.45, 2.75) is 24.3 Å². The lowest BCUT2D eigenvalue weighted by molar-refractivity contribution is -0.166. The molecular weight excluding hydrogens is 358 g/mol. The Kier molecular flexibility index (Phi) is 4.91. The minimum absolute atomic E-state index is 0.0578. The molecule has 6 heteroatoms. The van der Waals surface area contributed by atoms with Crippen molar-refractivity contribution in [3.8, 4) is 11.1 Å². The molecule has 6 nitrogen and oxygen atoms in total. The monoisotopic (exact) mass is 381 g/mol. The third-order valence-electron chi connectivity index (χ3n) is 5.90. The van der Waals surface area contributed by atoms with Crippen LogP contribution in [0.25, 0.3) is 11.1 Å². The van der Waals surface area contributed by atoms with Crippen molar-refractivity contribution < 1.29 is 24.2 Å². The van der Waals surface area contributed by atoms with E-state index in [0.717, 1.165) is 22.3 Å². The molecule has 0 amide bonds. The van der Waals surface area contributed by atoms with Crippen LogP contribution >= 0.6 is 0 Å². The number of carbonyl (C=O) groups excluding carboxylic acids is 1. The fourth-order valence-electron chi connectivity index (χ4n) is 4.30. The Labute approximate surface area is 163 Å². The highest BCUT2D eigenvalue weighted by Gasteiger charge is 2.51. The summed E-state index contributed by atoms with van der Waals surface area (Å²) in [6.45, 7) is 0.851. The number of carboxylic acid groups (broad SMARTS) is 1. The molecule has 0 spiro atoms. The van der Waals surface area contributed by atoms with Crippen LogP contribution in [-0.4, -0.2) is 42.4 Å². The largest absolute Gasteiger partial charge is 0.479 e. The Morgan fingerprint density at radius 2 is 1.57 bits per heavy atom. The fraction of sp³-hybridized carbons (Fsp3) is 0.364. The minimum Gasteiger partial charge on any atom is -0.479 e. The molecule has 4 rings (SSSR count). The summed E-state index contributed by atoms with van der Waals surface area (Å²) in [5.41, 5.74) is 8.41. The van der Waals surface area contributed by atoms with Crippen molar-refractivity contribution in [2.75, 3.05) is 19.8 Å². The topological polar surface area (TPSA) is 98.9 Å². The van der Waals surface area contributed by atoms with Gasteiger partial charge in [-0.25, -0.2) is 9.59 Å². The zero-order chi connectivity index (χ0) is 19.7. The van der Waals surface area contributed by atoms with Gasteiger partial charge in [-0.1, -0.05) is 48.5 Å². The number of hydrogen-bond donors (Lipinski definition) is 2. The number of nitrogens with two attached hydrogens (primary N) is 1. The summed E-state index contributed by atoms with van der Waals surface area (Å²) in [5, 5.41) is 9.70. The molecular formula is C22H23NO5. The highest BCUT2D eigenvalue weighted by Crippen LogP contribution is 2.44. The second-order valence-corrected chi connectivity index (χ2v) is 7.39. The SMILES string of the molecule is NC(C(=O)O)(C(=O)OCC1c2ccccc2-c2ccccc21)C1CCOCC1. The van der Waals surface area contributed by atoms with Gasteiger partial charge in [-0.2, -0.15) is 0 Å². The molecule has 2 aromatic rings. The number of benzene rings is 2. The van der Waals surface area contributed by atoms with E-state index in [1.807, 2.05) is 48.5 Å². The standard InChI is InChI=1S/C22H23NO5/c23-22(20(24)25,14-9-11-27-12-10-14)21(26)28-13-19-17-7-3-1-5-15(17)16-6-2-4-8-18(16)19/h1-8,14,19H,9-13,23H2,(H,24,25). The van der Waals surface area contributed by atoms with Crippen LogP contribution in [0, 0.1) is 5.92 Å². The normalized spacial score (nSPS) is 18.8. The molecule has 146 valence electrons. The van der Waals surface area contributed by atoms with E-state index in [0.29, 0.717) is 26.1 Å². The summed E-state index contributed by atoms with van der Waals surface area (Å²) < 4.78 is 10.8. The van der Waals surface area contributed by atoms with Gasteiger partial charge in [-0.15, -0.1) is 0 Å². The molecule has 0 aromatic heterocycles. The highest BCUT2D eigenvalue weighted by molar-refractivity contribution is 6.04. The van der Waals surface area contributed by atoms with Crippen LogP contribution in [0.5, 0.6) is 0 Å². The number of aliphatic carboxylic acids is 1. The molecule has 1 unspecified atom stereocenters. The Morgan fingerprint density at radius 3 is 2.11 bits per heavy atom. The Morgan fingerprint density at radius 1 is 1.04 bits per heavy atom. The summed E-state index contributed by atoms with van der Waals surface area (Å²) in [6.07, 6.45) is 0.847. The van der Waals surface area contributed by atoms with E-state index in [2.05, 4.69) is 0 Å². The summed E-state index contributed by atoms with van der Waals surface area (Å²) in [4.78, 5) is 24.7. The van der Waals surface area contributed by atoms with Crippen LogP contribution in [0.15, 0.2) is 48.5 Å². The number of hydrogen-bond acceptors (Lipinski definition) is 5. The molecule has 1 aliphatic carbocycles. The van der Waals surface area contributed by atoms with E-state index < -0.39 is 23.4 Å². The first-order valence-electron chi connectivity index (χ1n) is 9.49. The number of esters is 1. The van der Waals surface area contributed by atoms with Crippen molar-refractivity contribution in [3.63, 3.8) is 0 Å². The Balaban J connectivity index is 1.57. The zero-order valence-electron chi connectivity index (χ0n) is 15.5. The zero-order valence-corrected chi connectivity index (χ0v) is 15.5. The predicted octanol–water partition coefficient (Wildman–Crippen LogP) is 2.55. The van der Waals surface area contributed by atoms with E-state index in [1.54, 1.807) is 0 Å². The molecule has 1 saturated heterocycles. The third-order valence-corrected chi connectivity index (χ3v) is 5.90. The first-order valence-corrected chi connectivity index (χ1v) is 9.49. The van der Waals surface area contributed by atoms with Crippen LogP contribution in [0.2, 0.25) is 0 Å². The average Bonchev–Trinajstić information content (AvgIpc) is 3.05. The molecule has 0 saturated carbocycles. The molecule has 0 radical (unpaired) electrons. The first-order chi connectivity index (χ1) is 13.5. The number of carboxylic acids is 1. The Hall–Kier alpha value is -2.70. The van der Waals surface area contributed by atoms with E-state index in [9.17, 15) is 14.7 Å². The fourth-order valence-corrected chi connectivity index (χ4v) is 4.30. The smallest absolute Gasteiger partial charge is 0.338 e. The van der Waals surface area contributed by atoms with Crippen molar-refractivity contribution in [1.29, 1.82) is 0 Å². The molecule has 1 aliphatic heterocycles. The van der Waals surface area contributed by atoms with Crippen molar-refractivity contribution >= 4 is 11.9 Å². The maximum atomic E-state index is 12.8. The van der Waals surface area contributed by atoms with Crippen LogP contribution < -0.4 is 5.73 Å². The van der Waals surface area contributed by atoms with Gasteiger partial charge in [0, 0.05) is 25.0 Å². The summed E-state index contributed by atoms with van der Waals surface area (Å²) in [7, 11) is 0. The number of rotatable bonds is 5. The van der Waals surface area contributed by atoms with Gasteiger partial charge in [-0.05, 0) is 35.1 Å². The van der Waals surface area contributed by atoms with Gasteiger partial charge in [0.15, 0.2) is 0 Å². The summed E-state index contributed by atoms with van der Waals surface area (Å²) >= 11 is 0. The molecule has 2 aliphatic rings. The number of fused-ring (bicyclic) bond motifs is 3.